The van der Waals surface area contributed by atoms with Crippen LogP contribution in [0, 0.1) is 5.41 Å². The second-order valence-corrected chi connectivity index (χ2v) is 13.9. The summed E-state index contributed by atoms with van der Waals surface area (Å²) < 4.78 is 36.2. The minimum Gasteiger partial charge on any atom is -0.397 e. The Hall–Kier alpha value is -2.20. The van der Waals surface area contributed by atoms with Gasteiger partial charge in [0.1, 0.15) is 11.7 Å². The summed E-state index contributed by atoms with van der Waals surface area (Å²) in [5.41, 5.74) is 7.28. The molecule has 0 saturated carbocycles. The van der Waals surface area contributed by atoms with Crippen molar-refractivity contribution in [3.05, 3.63) is 18.6 Å². The molecule has 2 aromatic heterocycles. The Kier molecular flexibility index (Phi) is 7.16. The molecule has 0 amide bonds. The number of aromatic nitrogens is 3. The molecule has 1 unspecified atom stereocenters. The smallest absolute Gasteiger partial charge is 0.393 e. The summed E-state index contributed by atoms with van der Waals surface area (Å²) in [4.78, 5) is 13.0. The number of hydrogen-bond acceptors (Lipinski definition) is 6. The van der Waals surface area contributed by atoms with Crippen molar-refractivity contribution in [1.29, 1.82) is 0 Å². The number of pyridine rings is 1. The van der Waals surface area contributed by atoms with E-state index in [0.29, 0.717) is 35.9 Å². The lowest BCUT2D eigenvalue weighted by atomic mass is 9.89. The van der Waals surface area contributed by atoms with Gasteiger partial charge in [0.15, 0.2) is 5.65 Å². The van der Waals surface area contributed by atoms with Gasteiger partial charge >= 0.3 is 7.67 Å². The van der Waals surface area contributed by atoms with Crippen LogP contribution in [-0.4, -0.2) is 86.9 Å². The predicted molar refractivity (Wildman–Crippen MR) is 143 cm³/mol. The maximum Gasteiger partial charge on any atom is 0.393 e. The molecular formula is C24H41N8O3P. The van der Waals surface area contributed by atoms with Crippen LogP contribution in [0.2, 0.25) is 0 Å². The fourth-order valence-corrected chi connectivity index (χ4v) is 6.94. The van der Waals surface area contributed by atoms with E-state index in [1.54, 1.807) is 18.6 Å². The van der Waals surface area contributed by atoms with Crippen LogP contribution in [0.1, 0.15) is 54.2 Å². The molecule has 0 spiro atoms. The summed E-state index contributed by atoms with van der Waals surface area (Å²) in [5.74, 6) is 0.667. The van der Waals surface area contributed by atoms with E-state index in [9.17, 15) is 4.57 Å². The van der Waals surface area contributed by atoms with Crippen molar-refractivity contribution in [3.8, 4) is 0 Å². The highest BCUT2D eigenvalue weighted by atomic mass is 31.2. The molecule has 36 heavy (non-hydrogen) atoms. The minimum absolute atomic E-state index is 0.00453. The topological polar surface area (TPSA) is 114 Å². The van der Waals surface area contributed by atoms with Crippen LogP contribution in [0.5, 0.6) is 0 Å². The first-order chi connectivity index (χ1) is 16.7. The number of morpholine rings is 1. The number of guanidine groups is 1. The van der Waals surface area contributed by atoms with Gasteiger partial charge in [-0.25, -0.2) is 19.2 Å². The highest BCUT2D eigenvalue weighted by molar-refractivity contribution is 7.55. The normalized spacial score (nSPS) is 23.9. The quantitative estimate of drug-likeness (QED) is 0.588. The molecule has 0 aromatic carbocycles. The average Bonchev–Trinajstić information content (AvgIpc) is 3.31. The minimum atomic E-state index is -3.67. The van der Waals surface area contributed by atoms with Crippen molar-refractivity contribution >= 4 is 30.5 Å². The average molecular weight is 521 g/mol. The first-order valence-electron chi connectivity index (χ1n) is 12.5. The number of anilines is 1. The number of nitrogens with zero attached hydrogens (tertiary/aromatic N) is 7. The monoisotopic (exact) mass is 520 g/mol. The van der Waals surface area contributed by atoms with Gasteiger partial charge in [-0.3, -0.25) is 9.09 Å². The molecule has 0 aliphatic carbocycles. The molecule has 4 heterocycles. The second-order valence-electron chi connectivity index (χ2n) is 12.0. The molecule has 2 saturated heterocycles. The van der Waals surface area contributed by atoms with E-state index in [1.165, 1.54) is 0 Å². The van der Waals surface area contributed by atoms with Crippen LogP contribution in [-0.2, 0) is 13.8 Å². The van der Waals surface area contributed by atoms with Crippen LogP contribution in [0.25, 0.3) is 11.2 Å². The van der Waals surface area contributed by atoms with Crippen molar-refractivity contribution in [3.63, 3.8) is 0 Å². The highest BCUT2D eigenvalue weighted by Gasteiger charge is 2.44. The van der Waals surface area contributed by atoms with E-state index in [4.69, 9.17) is 19.8 Å². The van der Waals surface area contributed by atoms with Gasteiger partial charge < -0.3 is 20.3 Å². The zero-order valence-corrected chi connectivity index (χ0v) is 23.7. The summed E-state index contributed by atoms with van der Waals surface area (Å²) >= 11 is 0. The van der Waals surface area contributed by atoms with Gasteiger partial charge in [0, 0.05) is 39.9 Å². The summed E-state index contributed by atoms with van der Waals surface area (Å²) in [6.45, 7) is 14.6. The van der Waals surface area contributed by atoms with E-state index < -0.39 is 19.5 Å². The third-order valence-corrected chi connectivity index (χ3v) is 8.45. The van der Waals surface area contributed by atoms with Crippen molar-refractivity contribution in [1.82, 2.24) is 29.0 Å². The number of likely N-dealkylation sites (N-methyl/N-ethyl adjacent to an activating group) is 2. The molecule has 2 fully saturated rings. The molecule has 2 aromatic rings. The summed E-state index contributed by atoms with van der Waals surface area (Å²) in [6, 6.07) is 1.73. The van der Waals surface area contributed by atoms with E-state index in [1.807, 2.05) is 53.9 Å². The Morgan fingerprint density at radius 3 is 2.42 bits per heavy atom. The standard InChI is InChI=1S/C24H41N8O3P/c1-23(2,3)13-17-14-31(15-19(34-17)32-16-27-20-18(25)9-10-26-21(20)32)36(33,35-24(4,5)6)28-22-29(7)11-12-30(22)8/h9-10,16-17,19H,11-15H2,1-8H3,(H2,25,26)/t17-,19-,36?/m1/s1. The maximum atomic E-state index is 14.7. The van der Waals surface area contributed by atoms with E-state index in [-0.39, 0.29) is 11.5 Å². The van der Waals surface area contributed by atoms with Crippen molar-refractivity contribution in [2.75, 3.05) is 46.0 Å². The summed E-state index contributed by atoms with van der Waals surface area (Å²) in [7, 11) is 0.248. The van der Waals surface area contributed by atoms with Crippen molar-refractivity contribution < 1.29 is 13.8 Å². The van der Waals surface area contributed by atoms with Crippen LogP contribution < -0.4 is 5.73 Å². The number of ether oxygens (including phenoxy) is 1. The number of imidazole rings is 1. The molecule has 3 atom stereocenters. The molecule has 0 radical (unpaired) electrons. The van der Waals surface area contributed by atoms with E-state index >= 15 is 0 Å². The number of nitrogen functional groups attached to an aromatic ring is 1. The zero-order chi connectivity index (χ0) is 26.5. The first-order valence-corrected chi connectivity index (χ1v) is 14.0. The third-order valence-electron chi connectivity index (χ3n) is 6.19. The Labute approximate surface area is 214 Å². The lowest BCUT2D eigenvalue weighted by Crippen LogP contribution is -2.46. The molecule has 11 nitrogen and oxygen atoms in total. The van der Waals surface area contributed by atoms with Gasteiger partial charge in [0.2, 0.25) is 5.96 Å². The van der Waals surface area contributed by atoms with Crippen LogP contribution in [0.15, 0.2) is 23.4 Å². The van der Waals surface area contributed by atoms with Crippen LogP contribution >= 0.6 is 7.67 Å². The van der Waals surface area contributed by atoms with Gasteiger partial charge in [-0.05, 0) is 38.7 Å². The Balaban J connectivity index is 1.77. The van der Waals surface area contributed by atoms with Gasteiger partial charge in [-0.2, -0.15) is 4.76 Å². The van der Waals surface area contributed by atoms with Gasteiger partial charge in [-0.15, -0.1) is 0 Å². The second kappa shape index (κ2) is 9.59. The van der Waals surface area contributed by atoms with Gasteiger partial charge in [0.25, 0.3) is 0 Å². The highest BCUT2D eigenvalue weighted by Crippen LogP contribution is 2.57. The fraction of sp³-hybridized carbons (Fsp3) is 0.708. The Morgan fingerprint density at radius 1 is 1.14 bits per heavy atom. The zero-order valence-electron chi connectivity index (χ0n) is 22.8. The number of rotatable bonds is 5. The van der Waals surface area contributed by atoms with Crippen molar-refractivity contribution in [2.45, 2.75) is 65.9 Å². The molecule has 4 rings (SSSR count). The first kappa shape index (κ1) is 26.9. The lowest BCUT2D eigenvalue weighted by Gasteiger charge is -2.43. The number of hydrogen-bond donors (Lipinski definition) is 1. The summed E-state index contributed by atoms with van der Waals surface area (Å²) in [5, 5.41) is 0. The van der Waals surface area contributed by atoms with Crippen LogP contribution in [0.4, 0.5) is 5.69 Å². The largest absolute Gasteiger partial charge is 0.397 e. The molecular weight excluding hydrogens is 479 g/mol. The molecule has 2 aliphatic rings. The molecule has 2 aliphatic heterocycles. The molecule has 12 heteroatoms. The third kappa shape index (κ3) is 5.85. The van der Waals surface area contributed by atoms with Gasteiger partial charge in [0.05, 0.1) is 30.3 Å². The number of nitrogens with two attached hydrogens (primary N) is 1. The molecule has 200 valence electrons. The lowest BCUT2D eigenvalue weighted by molar-refractivity contribution is -0.115. The summed E-state index contributed by atoms with van der Waals surface area (Å²) in [6.07, 6.45) is 3.44. The maximum absolute atomic E-state index is 14.7. The van der Waals surface area contributed by atoms with Crippen LogP contribution in [0.3, 0.4) is 0 Å². The van der Waals surface area contributed by atoms with E-state index in [0.717, 1.165) is 19.5 Å². The van der Waals surface area contributed by atoms with Crippen molar-refractivity contribution in [2.24, 2.45) is 10.2 Å². The fourth-order valence-electron chi connectivity index (χ4n) is 4.67. The van der Waals surface area contributed by atoms with E-state index in [2.05, 4.69) is 30.7 Å². The Morgan fingerprint density at radius 2 is 1.81 bits per heavy atom. The predicted octanol–water partition coefficient (Wildman–Crippen LogP) is 3.81. The Bertz CT molecular complexity index is 1160. The SMILES string of the molecule is CN1CCN(C)C1=NP(=O)(OC(C)(C)C)N1C[C@@H](CC(C)(C)C)O[C@@H](n2cnc3c(N)ccnc32)C1. The molecule has 2 N–H and O–H groups in total. The molecule has 0 bridgehead atoms. The number of fused-ring (bicyclic) bond motifs is 1. The van der Waals surface area contributed by atoms with Gasteiger partial charge in [-0.1, -0.05) is 20.8 Å².